The minimum absolute atomic E-state index is 0.267. The van der Waals surface area contributed by atoms with Crippen LogP contribution in [0, 0.1) is 12.7 Å². The maximum atomic E-state index is 14.1. The molecule has 0 radical (unpaired) electrons. The lowest BCUT2D eigenvalue weighted by molar-refractivity contribution is 0.102. The van der Waals surface area contributed by atoms with Gasteiger partial charge in [-0.3, -0.25) is 9.69 Å². The van der Waals surface area contributed by atoms with Crippen molar-refractivity contribution in [1.29, 1.82) is 0 Å². The molecule has 3 aromatic rings. The van der Waals surface area contributed by atoms with Crippen molar-refractivity contribution in [2.24, 2.45) is 0 Å². The summed E-state index contributed by atoms with van der Waals surface area (Å²) in [6.45, 7) is 6.42. The highest BCUT2D eigenvalue weighted by molar-refractivity contribution is 6.06. The fraction of sp³-hybridized carbons (Fsp3) is 0.348. The van der Waals surface area contributed by atoms with Crippen LogP contribution in [0.4, 0.5) is 15.8 Å². The molecule has 2 aliphatic heterocycles. The predicted molar refractivity (Wildman–Crippen MR) is 114 cm³/mol. The first kappa shape index (κ1) is 18.2. The van der Waals surface area contributed by atoms with E-state index in [4.69, 9.17) is 0 Å². The van der Waals surface area contributed by atoms with Crippen molar-refractivity contribution in [1.82, 2.24) is 9.88 Å². The number of halogens is 1. The van der Waals surface area contributed by atoms with Gasteiger partial charge in [-0.2, -0.15) is 0 Å². The lowest BCUT2D eigenvalue weighted by Gasteiger charge is -2.36. The molecule has 1 aromatic heterocycles. The molecule has 0 spiro atoms. The molecule has 5 nitrogen and oxygen atoms in total. The highest BCUT2D eigenvalue weighted by Gasteiger charge is 2.30. The molecule has 2 aromatic carbocycles. The van der Waals surface area contributed by atoms with Gasteiger partial charge in [-0.1, -0.05) is 12.1 Å². The van der Waals surface area contributed by atoms with E-state index in [1.165, 1.54) is 32.0 Å². The van der Waals surface area contributed by atoms with Gasteiger partial charge in [0.05, 0.1) is 5.52 Å². The molecule has 2 N–H and O–H groups in total. The molecular weight excluding hydrogens is 367 g/mol. The number of hydrogen-bond acceptors (Lipinski definition) is 3. The molecule has 1 atom stereocenters. The summed E-state index contributed by atoms with van der Waals surface area (Å²) in [5.41, 5.74) is 3.81. The maximum Gasteiger partial charge on any atom is 0.272 e. The van der Waals surface area contributed by atoms with Gasteiger partial charge < -0.3 is 15.2 Å². The van der Waals surface area contributed by atoms with Crippen LogP contribution in [0.2, 0.25) is 0 Å². The number of likely N-dealkylation sites (tertiary alicyclic amines) is 1. The third kappa shape index (κ3) is 3.38. The van der Waals surface area contributed by atoms with E-state index in [1.807, 2.05) is 25.1 Å². The Morgan fingerprint density at radius 3 is 2.79 bits per heavy atom. The van der Waals surface area contributed by atoms with E-state index in [9.17, 15) is 9.18 Å². The monoisotopic (exact) mass is 392 g/mol. The Bertz CT molecular complexity index is 1030. The molecular formula is C23H25FN4O. The second-order valence-corrected chi connectivity index (χ2v) is 8.12. The number of carbonyl (C=O) groups excluding carboxylic acids is 1. The average molecular weight is 392 g/mol. The Hall–Kier alpha value is -2.86. The fourth-order valence-corrected chi connectivity index (χ4v) is 4.41. The van der Waals surface area contributed by atoms with Crippen molar-refractivity contribution in [2.45, 2.75) is 25.8 Å². The minimum Gasteiger partial charge on any atom is -0.370 e. The molecule has 1 unspecified atom stereocenters. The lowest BCUT2D eigenvalue weighted by atomic mass is 10.1. The molecule has 6 heteroatoms. The van der Waals surface area contributed by atoms with Crippen LogP contribution < -0.4 is 10.2 Å². The summed E-state index contributed by atoms with van der Waals surface area (Å²) >= 11 is 0. The van der Waals surface area contributed by atoms with Gasteiger partial charge in [-0.05, 0) is 68.8 Å². The van der Waals surface area contributed by atoms with Crippen LogP contribution in [0.3, 0.4) is 0 Å². The molecule has 3 heterocycles. The van der Waals surface area contributed by atoms with Gasteiger partial charge in [-0.25, -0.2) is 4.39 Å². The number of H-pyrrole nitrogens is 1. The van der Waals surface area contributed by atoms with Gasteiger partial charge in [0, 0.05) is 35.9 Å². The van der Waals surface area contributed by atoms with Crippen LogP contribution in [-0.2, 0) is 0 Å². The van der Waals surface area contributed by atoms with Crippen LogP contribution in [0.15, 0.2) is 42.5 Å². The van der Waals surface area contributed by atoms with E-state index in [2.05, 4.69) is 26.2 Å². The molecule has 150 valence electrons. The third-order valence-electron chi connectivity index (χ3n) is 6.23. The van der Waals surface area contributed by atoms with Crippen molar-refractivity contribution in [2.75, 3.05) is 36.4 Å². The molecule has 0 saturated carbocycles. The first-order valence-corrected chi connectivity index (χ1v) is 10.3. The number of hydrogen-bond donors (Lipinski definition) is 2. The highest BCUT2D eigenvalue weighted by Crippen LogP contribution is 2.28. The average Bonchev–Trinajstić information content (AvgIpc) is 3.32. The number of amides is 1. The number of anilines is 2. The van der Waals surface area contributed by atoms with Crippen molar-refractivity contribution < 1.29 is 9.18 Å². The smallest absolute Gasteiger partial charge is 0.272 e. The molecule has 2 fully saturated rings. The van der Waals surface area contributed by atoms with Crippen LogP contribution in [0.1, 0.15) is 28.9 Å². The molecule has 1 amide bonds. The number of nitrogens with one attached hydrogen (secondary N) is 2. The van der Waals surface area contributed by atoms with E-state index in [0.717, 1.165) is 30.0 Å². The Morgan fingerprint density at radius 2 is 2.03 bits per heavy atom. The molecule has 0 bridgehead atoms. The van der Waals surface area contributed by atoms with E-state index >= 15 is 0 Å². The second-order valence-electron chi connectivity index (χ2n) is 8.12. The van der Waals surface area contributed by atoms with Crippen LogP contribution in [0.5, 0.6) is 0 Å². The van der Waals surface area contributed by atoms with Gasteiger partial charge in [0.2, 0.25) is 0 Å². The van der Waals surface area contributed by atoms with E-state index in [-0.39, 0.29) is 11.7 Å². The van der Waals surface area contributed by atoms with E-state index < -0.39 is 0 Å². The second kappa shape index (κ2) is 7.19. The van der Waals surface area contributed by atoms with Crippen molar-refractivity contribution in [3.8, 4) is 0 Å². The standard InChI is InChI=1S/C23H25FN4O/c1-15-6-7-20(24)19-13-21(26-22(15)19)23(29)25-16-4-2-5-17(12-16)28-11-8-18(14-28)27-9-3-10-27/h2,4-7,12-13,18,26H,3,8-11,14H2,1H3,(H,25,29). The molecule has 0 aliphatic carbocycles. The number of carbonyl (C=O) groups is 1. The zero-order valence-electron chi connectivity index (χ0n) is 16.5. The van der Waals surface area contributed by atoms with Crippen molar-refractivity contribution in [3.63, 3.8) is 0 Å². The van der Waals surface area contributed by atoms with Crippen LogP contribution >= 0.6 is 0 Å². The summed E-state index contributed by atoms with van der Waals surface area (Å²) in [5, 5.41) is 3.39. The molecule has 29 heavy (non-hydrogen) atoms. The number of rotatable bonds is 4. The summed E-state index contributed by atoms with van der Waals surface area (Å²) in [7, 11) is 0. The van der Waals surface area contributed by atoms with Gasteiger partial charge in [0.1, 0.15) is 11.5 Å². The first-order valence-electron chi connectivity index (χ1n) is 10.3. The van der Waals surface area contributed by atoms with E-state index in [0.29, 0.717) is 22.6 Å². The number of aromatic amines is 1. The Morgan fingerprint density at radius 1 is 1.17 bits per heavy atom. The van der Waals surface area contributed by atoms with Crippen LogP contribution in [-0.4, -0.2) is 48.0 Å². The van der Waals surface area contributed by atoms with Crippen molar-refractivity contribution in [3.05, 3.63) is 59.5 Å². The number of fused-ring (bicyclic) bond motifs is 1. The molecule has 2 aliphatic rings. The summed E-state index contributed by atoms with van der Waals surface area (Å²) in [4.78, 5) is 20.7. The largest absolute Gasteiger partial charge is 0.370 e. The zero-order valence-corrected chi connectivity index (χ0v) is 16.5. The van der Waals surface area contributed by atoms with Gasteiger partial charge in [0.25, 0.3) is 5.91 Å². The highest BCUT2D eigenvalue weighted by atomic mass is 19.1. The van der Waals surface area contributed by atoms with Crippen LogP contribution in [0.25, 0.3) is 10.9 Å². The minimum atomic E-state index is -0.325. The number of nitrogens with zero attached hydrogens (tertiary/aromatic N) is 2. The number of benzene rings is 2. The predicted octanol–water partition coefficient (Wildman–Crippen LogP) is 4.15. The van der Waals surface area contributed by atoms with Crippen molar-refractivity contribution >= 4 is 28.2 Å². The van der Waals surface area contributed by atoms with Gasteiger partial charge in [-0.15, -0.1) is 0 Å². The Balaban J connectivity index is 1.32. The number of aromatic nitrogens is 1. The van der Waals surface area contributed by atoms with Gasteiger partial charge in [0.15, 0.2) is 0 Å². The zero-order chi connectivity index (χ0) is 20.0. The normalized spacial score (nSPS) is 19.5. The topological polar surface area (TPSA) is 51.4 Å². The first-order chi connectivity index (χ1) is 14.1. The van der Waals surface area contributed by atoms with Gasteiger partial charge >= 0.3 is 0 Å². The Labute approximate surface area is 169 Å². The summed E-state index contributed by atoms with van der Waals surface area (Å²) in [6.07, 6.45) is 2.51. The maximum absolute atomic E-state index is 14.1. The summed E-state index contributed by atoms with van der Waals surface area (Å²) in [5.74, 6) is -0.592. The Kier molecular flexibility index (Phi) is 4.51. The SMILES string of the molecule is Cc1ccc(F)c2cc(C(=O)Nc3cccc(N4CCC(N5CCC5)C4)c3)[nH]c12. The van der Waals surface area contributed by atoms with E-state index in [1.54, 1.807) is 12.1 Å². The lowest BCUT2D eigenvalue weighted by Crippen LogP contribution is -2.46. The summed E-state index contributed by atoms with van der Waals surface area (Å²) < 4.78 is 14.1. The fourth-order valence-electron chi connectivity index (χ4n) is 4.41. The third-order valence-corrected chi connectivity index (χ3v) is 6.23. The number of aryl methyl sites for hydroxylation is 1. The molecule has 5 rings (SSSR count). The summed E-state index contributed by atoms with van der Waals surface area (Å²) in [6, 6.07) is 13.3. The molecule has 2 saturated heterocycles. The quantitative estimate of drug-likeness (QED) is 0.701.